The monoisotopic (exact) mass is 293 g/mol. The van der Waals surface area contributed by atoms with E-state index in [1.165, 1.54) is 12.1 Å². The van der Waals surface area contributed by atoms with Gasteiger partial charge in [-0.1, -0.05) is 29.8 Å². The van der Waals surface area contributed by atoms with Gasteiger partial charge in [-0.15, -0.1) is 0 Å². The van der Waals surface area contributed by atoms with Crippen molar-refractivity contribution in [3.05, 3.63) is 64.4 Å². The van der Waals surface area contributed by atoms with E-state index in [2.05, 4.69) is 5.32 Å². The first-order chi connectivity index (χ1) is 9.61. The molecule has 0 saturated carbocycles. The second kappa shape index (κ2) is 6.39. The molecule has 0 aliphatic carbocycles. The average Bonchev–Trinajstić information content (AvgIpc) is 2.45. The minimum Gasteiger partial charge on any atom is -0.496 e. The highest BCUT2D eigenvalue weighted by Crippen LogP contribution is 2.19. The molecule has 0 atom stereocenters. The summed E-state index contributed by atoms with van der Waals surface area (Å²) in [7, 11) is 1.57. The van der Waals surface area contributed by atoms with Crippen LogP contribution in [0.1, 0.15) is 15.9 Å². The van der Waals surface area contributed by atoms with Gasteiger partial charge in [0.2, 0.25) is 0 Å². The molecule has 104 valence electrons. The van der Waals surface area contributed by atoms with Gasteiger partial charge >= 0.3 is 0 Å². The highest BCUT2D eigenvalue weighted by molar-refractivity contribution is 6.33. The van der Waals surface area contributed by atoms with Crippen molar-refractivity contribution in [3.8, 4) is 5.75 Å². The molecule has 1 amide bonds. The topological polar surface area (TPSA) is 38.3 Å². The Morgan fingerprint density at radius 1 is 1.30 bits per heavy atom. The van der Waals surface area contributed by atoms with E-state index in [4.69, 9.17) is 16.3 Å². The number of para-hydroxylation sites is 1. The number of hydrogen-bond donors (Lipinski definition) is 1. The van der Waals surface area contributed by atoms with E-state index < -0.39 is 5.82 Å². The minimum absolute atomic E-state index is 0.0857. The molecule has 0 aliphatic rings. The summed E-state index contributed by atoms with van der Waals surface area (Å²) in [6.45, 7) is 0.302. The largest absolute Gasteiger partial charge is 0.496 e. The van der Waals surface area contributed by atoms with Crippen LogP contribution in [0.3, 0.4) is 0 Å². The first-order valence-corrected chi connectivity index (χ1v) is 6.34. The number of rotatable bonds is 4. The lowest BCUT2D eigenvalue weighted by atomic mass is 10.1. The number of amides is 1. The number of halogens is 2. The molecule has 0 bridgehead atoms. The SMILES string of the molecule is COc1ccccc1CNC(=O)c1ccc(F)cc1Cl. The van der Waals surface area contributed by atoms with Crippen molar-refractivity contribution in [2.24, 2.45) is 0 Å². The van der Waals surface area contributed by atoms with Crippen molar-refractivity contribution < 1.29 is 13.9 Å². The predicted molar refractivity (Wildman–Crippen MR) is 75.6 cm³/mol. The standard InChI is InChI=1S/C15H13ClFNO2/c1-20-14-5-3-2-4-10(14)9-18-15(19)12-7-6-11(17)8-13(12)16/h2-8H,9H2,1H3,(H,18,19). The highest BCUT2D eigenvalue weighted by Gasteiger charge is 2.11. The van der Waals surface area contributed by atoms with Crippen LogP contribution in [0.4, 0.5) is 4.39 Å². The molecule has 0 aliphatic heterocycles. The fourth-order valence-electron chi connectivity index (χ4n) is 1.79. The fraction of sp³-hybridized carbons (Fsp3) is 0.133. The Labute approximate surface area is 121 Å². The highest BCUT2D eigenvalue weighted by atomic mass is 35.5. The van der Waals surface area contributed by atoms with Crippen molar-refractivity contribution >= 4 is 17.5 Å². The van der Waals surface area contributed by atoms with Gasteiger partial charge in [0.15, 0.2) is 0 Å². The van der Waals surface area contributed by atoms with Crippen molar-refractivity contribution in [1.29, 1.82) is 0 Å². The van der Waals surface area contributed by atoms with Gasteiger partial charge in [0.05, 0.1) is 17.7 Å². The first-order valence-electron chi connectivity index (χ1n) is 5.97. The van der Waals surface area contributed by atoms with Crippen molar-refractivity contribution in [3.63, 3.8) is 0 Å². The third-order valence-corrected chi connectivity index (χ3v) is 3.12. The van der Waals surface area contributed by atoms with Gasteiger partial charge in [0, 0.05) is 12.1 Å². The van der Waals surface area contributed by atoms with Crippen molar-refractivity contribution in [2.45, 2.75) is 6.54 Å². The third-order valence-electron chi connectivity index (χ3n) is 2.81. The molecule has 20 heavy (non-hydrogen) atoms. The number of ether oxygens (including phenoxy) is 1. The van der Waals surface area contributed by atoms with Gasteiger partial charge in [0.1, 0.15) is 11.6 Å². The molecule has 0 heterocycles. The predicted octanol–water partition coefficient (Wildman–Crippen LogP) is 3.42. The number of benzene rings is 2. The molecule has 3 nitrogen and oxygen atoms in total. The van der Waals surface area contributed by atoms with E-state index in [0.29, 0.717) is 12.3 Å². The minimum atomic E-state index is -0.476. The zero-order valence-electron chi connectivity index (χ0n) is 10.8. The van der Waals surface area contributed by atoms with E-state index in [-0.39, 0.29) is 16.5 Å². The fourth-order valence-corrected chi connectivity index (χ4v) is 2.05. The molecule has 0 unspecified atom stereocenters. The molecule has 2 rings (SSSR count). The van der Waals surface area contributed by atoms with Gasteiger partial charge in [-0.05, 0) is 24.3 Å². The van der Waals surface area contributed by atoms with E-state index in [9.17, 15) is 9.18 Å². The Balaban J connectivity index is 2.09. The lowest BCUT2D eigenvalue weighted by Crippen LogP contribution is -2.23. The van der Waals surface area contributed by atoms with E-state index in [1.54, 1.807) is 7.11 Å². The maximum Gasteiger partial charge on any atom is 0.253 e. The van der Waals surface area contributed by atoms with Crippen LogP contribution < -0.4 is 10.1 Å². The summed E-state index contributed by atoms with van der Waals surface area (Å²) in [5.74, 6) is -0.143. The zero-order valence-corrected chi connectivity index (χ0v) is 11.6. The van der Waals surface area contributed by atoms with Gasteiger partial charge in [-0.3, -0.25) is 4.79 Å². The summed E-state index contributed by atoms with van der Waals surface area (Å²) in [6, 6.07) is 11.0. The molecule has 0 saturated heterocycles. The molecule has 2 aromatic rings. The molecular weight excluding hydrogens is 281 g/mol. The van der Waals surface area contributed by atoms with E-state index >= 15 is 0 Å². The van der Waals surface area contributed by atoms with Gasteiger partial charge in [0.25, 0.3) is 5.91 Å². The summed E-state index contributed by atoms with van der Waals surface area (Å²) < 4.78 is 18.1. The smallest absolute Gasteiger partial charge is 0.253 e. The van der Waals surface area contributed by atoms with Crippen LogP contribution in [-0.2, 0) is 6.54 Å². The second-order valence-electron chi connectivity index (χ2n) is 4.12. The average molecular weight is 294 g/mol. The van der Waals surface area contributed by atoms with E-state index in [1.807, 2.05) is 24.3 Å². The molecule has 2 aromatic carbocycles. The van der Waals surface area contributed by atoms with Crippen molar-refractivity contribution in [2.75, 3.05) is 7.11 Å². The Morgan fingerprint density at radius 3 is 2.75 bits per heavy atom. The Bertz CT molecular complexity index is 631. The van der Waals surface area contributed by atoms with Crippen LogP contribution in [0, 0.1) is 5.82 Å². The van der Waals surface area contributed by atoms with Crippen LogP contribution in [0.2, 0.25) is 5.02 Å². The molecule has 0 spiro atoms. The summed E-state index contributed by atoms with van der Waals surface area (Å²) in [5.41, 5.74) is 1.09. The summed E-state index contributed by atoms with van der Waals surface area (Å²) >= 11 is 5.84. The Morgan fingerprint density at radius 2 is 2.05 bits per heavy atom. The number of methoxy groups -OCH3 is 1. The van der Waals surface area contributed by atoms with Crippen LogP contribution in [0.25, 0.3) is 0 Å². The molecule has 1 N–H and O–H groups in total. The van der Waals surface area contributed by atoms with Crippen LogP contribution in [-0.4, -0.2) is 13.0 Å². The summed E-state index contributed by atoms with van der Waals surface area (Å²) in [4.78, 5) is 12.0. The van der Waals surface area contributed by atoms with Crippen LogP contribution in [0.5, 0.6) is 5.75 Å². The number of carbonyl (C=O) groups is 1. The molecule has 0 aromatic heterocycles. The summed E-state index contributed by atoms with van der Waals surface area (Å²) in [6.07, 6.45) is 0. The third kappa shape index (κ3) is 3.27. The molecular formula is C15H13ClFNO2. The Kier molecular flexibility index (Phi) is 4.58. The maximum atomic E-state index is 12.9. The molecule has 5 heteroatoms. The van der Waals surface area contributed by atoms with Gasteiger partial charge < -0.3 is 10.1 Å². The molecule has 0 radical (unpaired) electrons. The second-order valence-corrected chi connectivity index (χ2v) is 4.53. The lowest BCUT2D eigenvalue weighted by Gasteiger charge is -2.10. The molecule has 0 fully saturated rings. The van der Waals surface area contributed by atoms with Gasteiger partial charge in [-0.2, -0.15) is 0 Å². The van der Waals surface area contributed by atoms with Crippen LogP contribution in [0.15, 0.2) is 42.5 Å². The quantitative estimate of drug-likeness (QED) is 0.938. The van der Waals surface area contributed by atoms with E-state index in [0.717, 1.165) is 11.6 Å². The van der Waals surface area contributed by atoms with Gasteiger partial charge in [-0.25, -0.2) is 4.39 Å². The van der Waals surface area contributed by atoms with Crippen LogP contribution >= 0.6 is 11.6 Å². The summed E-state index contributed by atoms with van der Waals surface area (Å²) in [5, 5.41) is 2.81. The van der Waals surface area contributed by atoms with Crippen molar-refractivity contribution in [1.82, 2.24) is 5.32 Å². The lowest BCUT2D eigenvalue weighted by molar-refractivity contribution is 0.0951. The number of carbonyl (C=O) groups excluding carboxylic acids is 1. The Hall–Kier alpha value is -2.07. The number of hydrogen-bond acceptors (Lipinski definition) is 2. The maximum absolute atomic E-state index is 12.9. The number of nitrogens with one attached hydrogen (secondary N) is 1. The zero-order chi connectivity index (χ0) is 14.5. The normalized spacial score (nSPS) is 10.2. The first kappa shape index (κ1) is 14.3.